The molecular formula is C27H32F2. The molecule has 1 saturated carbocycles. The summed E-state index contributed by atoms with van der Waals surface area (Å²) in [6.45, 7) is 2.27. The van der Waals surface area contributed by atoms with Crippen molar-refractivity contribution in [2.45, 2.75) is 71.1 Å². The molecule has 0 radical (unpaired) electrons. The van der Waals surface area contributed by atoms with Crippen molar-refractivity contribution in [3.63, 3.8) is 0 Å². The molecule has 0 heterocycles. The van der Waals surface area contributed by atoms with Gasteiger partial charge >= 0.3 is 0 Å². The molecule has 4 rings (SSSR count). The Kier molecular flexibility index (Phi) is 6.47. The number of fused-ring (bicyclic) bond motifs is 1. The Bertz CT molecular complexity index is 855. The molecule has 0 nitrogen and oxygen atoms in total. The van der Waals surface area contributed by atoms with Gasteiger partial charge < -0.3 is 0 Å². The van der Waals surface area contributed by atoms with Crippen molar-refractivity contribution >= 4 is 6.08 Å². The Morgan fingerprint density at radius 3 is 2.34 bits per heavy atom. The van der Waals surface area contributed by atoms with Gasteiger partial charge in [0, 0.05) is 5.56 Å². The SMILES string of the molecule is CCCCCC1CCC(C2=Cc3ccc(-c4ccc(F)cc4)c(F)c3CC2)CC1. The van der Waals surface area contributed by atoms with Gasteiger partial charge in [0.15, 0.2) is 0 Å². The Balaban J connectivity index is 1.46. The lowest BCUT2D eigenvalue weighted by Gasteiger charge is -2.32. The highest BCUT2D eigenvalue weighted by Crippen LogP contribution is 2.41. The Labute approximate surface area is 174 Å². The Morgan fingerprint density at radius 1 is 0.862 bits per heavy atom. The zero-order valence-corrected chi connectivity index (χ0v) is 17.5. The van der Waals surface area contributed by atoms with Crippen molar-refractivity contribution in [3.8, 4) is 11.1 Å². The fourth-order valence-corrected chi connectivity index (χ4v) is 5.25. The van der Waals surface area contributed by atoms with Crippen molar-refractivity contribution in [2.24, 2.45) is 11.8 Å². The fraction of sp³-hybridized carbons (Fsp3) is 0.481. The first kappa shape index (κ1) is 20.3. The molecule has 2 aliphatic rings. The number of rotatable bonds is 6. The fourth-order valence-electron chi connectivity index (χ4n) is 5.25. The van der Waals surface area contributed by atoms with Crippen LogP contribution in [0.3, 0.4) is 0 Å². The molecule has 2 aromatic rings. The van der Waals surface area contributed by atoms with E-state index in [2.05, 4.69) is 13.0 Å². The second kappa shape index (κ2) is 9.24. The lowest BCUT2D eigenvalue weighted by atomic mass is 9.74. The zero-order chi connectivity index (χ0) is 20.2. The number of allylic oxidation sites excluding steroid dienone is 1. The third kappa shape index (κ3) is 4.63. The highest BCUT2D eigenvalue weighted by molar-refractivity contribution is 5.70. The van der Waals surface area contributed by atoms with Gasteiger partial charge in [-0.3, -0.25) is 0 Å². The van der Waals surface area contributed by atoms with Gasteiger partial charge in [-0.15, -0.1) is 0 Å². The highest BCUT2D eigenvalue weighted by atomic mass is 19.1. The van der Waals surface area contributed by atoms with Crippen molar-refractivity contribution in [3.05, 3.63) is 64.7 Å². The van der Waals surface area contributed by atoms with Crippen LogP contribution in [0.15, 0.2) is 42.0 Å². The van der Waals surface area contributed by atoms with E-state index in [1.54, 1.807) is 12.1 Å². The second-order valence-electron chi connectivity index (χ2n) is 8.93. The minimum absolute atomic E-state index is 0.135. The molecule has 29 heavy (non-hydrogen) atoms. The molecule has 2 heteroatoms. The molecule has 2 aliphatic carbocycles. The lowest BCUT2D eigenvalue weighted by molar-refractivity contribution is 0.279. The molecule has 0 unspecified atom stereocenters. The summed E-state index contributed by atoms with van der Waals surface area (Å²) in [6, 6.07) is 10.0. The molecule has 0 atom stereocenters. The largest absolute Gasteiger partial charge is 0.207 e. The van der Waals surface area contributed by atoms with Gasteiger partial charge in [-0.1, -0.05) is 68.5 Å². The second-order valence-corrected chi connectivity index (χ2v) is 8.93. The number of benzene rings is 2. The van der Waals surface area contributed by atoms with Gasteiger partial charge in [-0.05, 0) is 79.2 Å². The quantitative estimate of drug-likeness (QED) is 0.432. The van der Waals surface area contributed by atoms with Crippen LogP contribution in [-0.4, -0.2) is 0 Å². The topological polar surface area (TPSA) is 0 Å². The predicted molar refractivity (Wildman–Crippen MR) is 118 cm³/mol. The molecule has 154 valence electrons. The maximum absolute atomic E-state index is 15.2. The number of halogens is 2. The van der Waals surface area contributed by atoms with Crippen LogP contribution in [0.2, 0.25) is 0 Å². The summed E-state index contributed by atoms with van der Waals surface area (Å²) in [5, 5.41) is 0. The third-order valence-corrected chi connectivity index (χ3v) is 7.03. The minimum Gasteiger partial charge on any atom is -0.207 e. The Morgan fingerprint density at radius 2 is 1.62 bits per heavy atom. The molecule has 0 amide bonds. The average Bonchev–Trinajstić information content (AvgIpc) is 2.75. The molecule has 1 fully saturated rings. The van der Waals surface area contributed by atoms with E-state index in [1.807, 2.05) is 12.1 Å². The number of unbranched alkanes of at least 4 members (excludes halogenated alkanes) is 2. The van der Waals surface area contributed by atoms with Gasteiger partial charge in [-0.2, -0.15) is 0 Å². The van der Waals surface area contributed by atoms with Crippen LogP contribution in [0.4, 0.5) is 8.78 Å². The van der Waals surface area contributed by atoms with E-state index < -0.39 is 0 Å². The molecule has 0 spiro atoms. The Hall–Kier alpha value is -1.96. The number of hydrogen-bond acceptors (Lipinski definition) is 0. The monoisotopic (exact) mass is 394 g/mol. The van der Waals surface area contributed by atoms with E-state index in [9.17, 15) is 4.39 Å². The summed E-state index contributed by atoms with van der Waals surface area (Å²) in [6.07, 6.45) is 14.8. The van der Waals surface area contributed by atoms with Crippen LogP contribution in [0, 0.1) is 23.5 Å². The van der Waals surface area contributed by atoms with E-state index >= 15 is 4.39 Å². The zero-order valence-electron chi connectivity index (χ0n) is 17.5. The van der Waals surface area contributed by atoms with Gasteiger partial charge in [0.25, 0.3) is 0 Å². The first-order valence-electron chi connectivity index (χ1n) is 11.4. The van der Waals surface area contributed by atoms with Crippen molar-refractivity contribution in [1.29, 1.82) is 0 Å². The van der Waals surface area contributed by atoms with E-state index in [-0.39, 0.29) is 11.6 Å². The van der Waals surface area contributed by atoms with Gasteiger partial charge in [0.1, 0.15) is 11.6 Å². The predicted octanol–water partition coefficient (Wildman–Crippen LogP) is 8.35. The summed E-state index contributed by atoms with van der Waals surface area (Å²) in [7, 11) is 0. The molecule has 0 N–H and O–H groups in total. The first-order valence-corrected chi connectivity index (χ1v) is 11.4. The van der Waals surface area contributed by atoms with E-state index in [4.69, 9.17) is 0 Å². The lowest BCUT2D eigenvalue weighted by Crippen LogP contribution is -2.18. The standard InChI is InChI=1S/C27H32F2/c1-2-3-4-5-19-6-8-20(9-7-19)22-12-16-26-23(18-22)13-17-25(27(26)29)21-10-14-24(28)15-11-21/h10-11,13-15,17-20H,2-9,12,16H2,1H3. The minimum atomic E-state index is -0.292. The van der Waals surface area contributed by atoms with Crippen LogP contribution >= 0.6 is 0 Å². The van der Waals surface area contributed by atoms with Gasteiger partial charge in [-0.25, -0.2) is 8.78 Å². The maximum Gasteiger partial charge on any atom is 0.134 e. The summed E-state index contributed by atoms with van der Waals surface area (Å²) in [5.74, 6) is 1.18. The molecule has 0 aromatic heterocycles. The number of hydrogen-bond donors (Lipinski definition) is 0. The molecular weight excluding hydrogens is 362 g/mol. The molecule has 2 aromatic carbocycles. The average molecular weight is 395 g/mol. The van der Waals surface area contributed by atoms with Gasteiger partial charge in [0.05, 0.1) is 0 Å². The molecule has 0 saturated heterocycles. The van der Waals surface area contributed by atoms with Crippen LogP contribution in [0.1, 0.15) is 75.8 Å². The van der Waals surface area contributed by atoms with E-state index in [1.165, 1.54) is 69.1 Å². The van der Waals surface area contributed by atoms with Crippen LogP contribution in [0.25, 0.3) is 17.2 Å². The first-order chi connectivity index (χ1) is 14.2. The normalized spacial score (nSPS) is 21.6. The van der Waals surface area contributed by atoms with Crippen molar-refractivity contribution < 1.29 is 8.78 Å². The molecule has 0 aliphatic heterocycles. The molecule has 0 bridgehead atoms. The van der Waals surface area contributed by atoms with Crippen LogP contribution in [0.5, 0.6) is 0 Å². The summed E-state index contributed by atoms with van der Waals surface area (Å²) in [4.78, 5) is 0. The maximum atomic E-state index is 15.2. The highest BCUT2D eigenvalue weighted by Gasteiger charge is 2.26. The van der Waals surface area contributed by atoms with E-state index in [0.29, 0.717) is 11.5 Å². The van der Waals surface area contributed by atoms with Crippen LogP contribution in [-0.2, 0) is 6.42 Å². The van der Waals surface area contributed by atoms with Crippen LogP contribution < -0.4 is 0 Å². The summed E-state index contributed by atoms with van der Waals surface area (Å²) in [5.41, 5.74) is 4.71. The summed E-state index contributed by atoms with van der Waals surface area (Å²) >= 11 is 0. The van der Waals surface area contributed by atoms with Crippen molar-refractivity contribution in [1.82, 2.24) is 0 Å². The summed E-state index contributed by atoms with van der Waals surface area (Å²) < 4.78 is 28.4. The third-order valence-electron chi connectivity index (χ3n) is 7.03. The van der Waals surface area contributed by atoms with Gasteiger partial charge in [0.2, 0.25) is 0 Å². The van der Waals surface area contributed by atoms with E-state index in [0.717, 1.165) is 35.4 Å². The van der Waals surface area contributed by atoms with Crippen molar-refractivity contribution in [2.75, 3.05) is 0 Å². The smallest absolute Gasteiger partial charge is 0.134 e.